The van der Waals surface area contributed by atoms with Gasteiger partial charge in [-0.1, -0.05) is 13.8 Å². The van der Waals surface area contributed by atoms with Gasteiger partial charge in [0.15, 0.2) is 0 Å². The molecule has 146 valence electrons. The second kappa shape index (κ2) is 9.38. The van der Waals surface area contributed by atoms with E-state index < -0.39 is 23.8 Å². The zero-order chi connectivity index (χ0) is 19.2. The van der Waals surface area contributed by atoms with Gasteiger partial charge in [0.2, 0.25) is 5.91 Å². The first kappa shape index (κ1) is 21.7. The van der Waals surface area contributed by atoms with Gasteiger partial charge in [0.1, 0.15) is 11.6 Å². The van der Waals surface area contributed by atoms with Gasteiger partial charge < -0.3 is 25.8 Å². The molecule has 4 N–H and O–H groups in total. The molecule has 7 heteroatoms. The van der Waals surface area contributed by atoms with Crippen molar-refractivity contribution in [3.63, 3.8) is 0 Å². The Morgan fingerprint density at radius 1 is 1.28 bits per heavy atom. The van der Waals surface area contributed by atoms with Crippen LogP contribution in [-0.2, 0) is 9.53 Å². The number of β-amino-alcohol motifs (C(OH)–C–C–N with tert-alkyl or cyclic N) is 1. The fourth-order valence-electron chi connectivity index (χ4n) is 2.79. The van der Waals surface area contributed by atoms with Crippen LogP contribution in [0.1, 0.15) is 60.8 Å². The number of carbonyl (C=O) groups excluding carboxylic acids is 2. The lowest BCUT2D eigenvalue weighted by Crippen LogP contribution is -2.54. The first-order chi connectivity index (χ1) is 11.5. The summed E-state index contributed by atoms with van der Waals surface area (Å²) in [6, 6.07) is -0.696. The van der Waals surface area contributed by atoms with Crippen molar-refractivity contribution in [2.75, 3.05) is 6.54 Å². The summed E-state index contributed by atoms with van der Waals surface area (Å²) in [5, 5.41) is 19.0. The molecule has 0 aromatic rings. The number of hydrogen-bond donors (Lipinski definition) is 4. The van der Waals surface area contributed by atoms with Gasteiger partial charge in [0.25, 0.3) is 0 Å². The summed E-state index contributed by atoms with van der Waals surface area (Å²) >= 11 is 0. The molecule has 7 nitrogen and oxygen atoms in total. The fraction of sp³-hybridized carbons (Fsp3) is 0.889. The van der Waals surface area contributed by atoms with Crippen LogP contribution >= 0.6 is 0 Å². The van der Waals surface area contributed by atoms with Crippen molar-refractivity contribution in [3.8, 4) is 0 Å². The van der Waals surface area contributed by atoms with Crippen LogP contribution in [0, 0.1) is 5.92 Å². The molecular formula is C18H35N3O4. The number of ether oxygens (including phenoxy) is 1. The molecule has 1 fully saturated rings. The lowest BCUT2D eigenvalue weighted by molar-refractivity contribution is -0.125. The molecule has 2 amide bonds. The van der Waals surface area contributed by atoms with Crippen LogP contribution in [0.15, 0.2) is 0 Å². The molecule has 0 bridgehead atoms. The Hall–Kier alpha value is -1.34. The third-order valence-electron chi connectivity index (χ3n) is 4.09. The van der Waals surface area contributed by atoms with Gasteiger partial charge in [-0.3, -0.25) is 4.79 Å². The topological polar surface area (TPSA) is 99.7 Å². The van der Waals surface area contributed by atoms with Crippen molar-refractivity contribution in [2.24, 2.45) is 5.92 Å². The number of rotatable bonds is 5. The average Bonchev–Trinajstić information content (AvgIpc) is 2.59. The van der Waals surface area contributed by atoms with E-state index in [2.05, 4.69) is 22.9 Å². The van der Waals surface area contributed by atoms with Crippen LogP contribution in [0.25, 0.3) is 0 Å². The number of hydrogen-bond acceptors (Lipinski definition) is 5. The highest BCUT2D eigenvalue weighted by Crippen LogP contribution is 2.13. The number of amides is 2. The lowest BCUT2D eigenvalue weighted by Gasteiger charge is -2.27. The summed E-state index contributed by atoms with van der Waals surface area (Å²) < 4.78 is 5.26. The summed E-state index contributed by atoms with van der Waals surface area (Å²) in [7, 11) is 0. The summed E-state index contributed by atoms with van der Waals surface area (Å²) in [6.07, 6.45) is 0.820. The number of aliphatic hydroxyl groups excluding tert-OH is 1. The number of alkyl carbamates (subject to hydrolysis) is 1. The molecule has 0 spiro atoms. The van der Waals surface area contributed by atoms with E-state index in [-0.39, 0.29) is 17.9 Å². The monoisotopic (exact) mass is 357 g/mol. The summed E-state index contributed by atoms with van der Waals surface area (Å²) in [5.74, 6) is -0.0513. The third kappa shape index (κ3) is 8.54. The highest BCUT2D eigenvalue weighted by Gasteiger charge is 2.30. The largest absolute Gasteiger partial charge is 0.444 e. The van der Waals surface area contributed by atoms with Crippen LogP contribution in [0.2, 0.25) is 0 Å². The van der Waals surface area contributed by atoms with Gasteiger partial charge in [-0.25, -0.2) is 4.79 Å². The average molecular weight is 357 g/mol. The maximum absolute atomic E-state index is 12.7. The second-order valence-electron chi connectivity index (χ2n) is 8.40. The van der Waals surface area contributed by atoms with Crippen molar-refractivity contribution < 1.29 is 19.4 Å². The first-order valence-electron chi connectivity index (χ1n) is 9.19. The molecule has 1 heterocycles. The van der Waals surface area contributed by atoms with Gasteiger partial charge >= 0.3 is 6.09 Å². The van der Waals surface area contributed by atoms with E-state index in [1.807, 2.05) is 13.8 Å². The molecule has 4 atom stereocenters. The molecule has 0 saturated carbocycles. The Labute approximate surface area is 151 Å². The normalized spacial score (nSPS) is 25.8. The number of nitrogens with one attached hydrogen (secondary N) is 3. The predicted molar refractivity (Wildman–Crippen MR) is 97.2 cm³/mol. The molecule has 0 aliphatic carbocycles. The molecule has 1 rings (SSSR count). The first-order valence-corrected chi connectivity index (χ1v) is 9.19. The standard InChI is InChI=1S/C18H35N3O4/c1-11(2)9-14(21-17(24)25-18(4,5)6)16(23)20-13-8-7-12(3)19-10-15(13)22/h11-15,19,22H,7-10H2,1-6H3,(H,20,23)(H,21,24)/t12-,13+,14+,15-/m1/s1. The van der Waals surface area contributed by atoms with Crippen LogP contribution in [-0.4, -0.2) is 53.5 Å². The summed E-state index contributed by atoms with van der Waals surface area (Å²) in [5.41, 5.74) is -0.623. The van der Waals surface area contributed by atoms with Crippen LogP contribution in [0.4, 0.5) is 4.79 Å². The minimum absolute atomic E-state index is 0.228. The zero-order valence-electron chi connectivity index (χ0n) is 16.4. The maximum atomic E-state index is 12.7. The van der Waals surface area contributed by atoms with Crippen LogP contribution in [0.5, 0.6) is 0 Å². The minimum Gasteiger partial charge on any atom is -0.444 e. The van der Waals surface area contributed by atoms with Crippen molar-refractivity contribution >= 4 is 12.0 Å². The van der Waals surface area contributed by atoms with E-state index in [1.54, 1.807) is 20.8 Å². The number of carbonyl (C=O) groups is 2. The van der Waals surface area contributed by atoms with Crippen molar-refractivity contribution in [3.05, 3.63) is 0 Å². The molecule has 0 aromatic heterocycles. The van der Waals surface area contributed by atoms with Crippen molar-refractivity contribution in [1.29, 1.82) is 0 Å². The third-order valence-corrected chi connectivity index (χ3v) is 4.09. The highest BCUT2D eigenvalue weighted by molar-refractivity contribution is 5.85. The Balaban J connectivity index is 2.70. The fourth-order valence-corrected chi connectivity index (χ4v) is 2.79. The van der Waals surface area contributed by atoms with Gasteiger partial charge in [-0.2, -0.15) is 0 Å². The lowest BCUT2D eigenvalue weighted by atomic mass is 10.0. The van der Waals surface area contributed by atoms with Gasteiger partial charge in [0, 0.05) is 12.6 Å². The van der Waals surface area contributed by atoms with Crippen LogP contribution in [0.3, 0.4) is 0 Å². The predicted octanol–water partition coefficient (Wildman–Crippen LogP) is 1.54. The van der Waals surface area contributed by atoms with E-state index in [1.165, 1.54) is 0 Å². The van der Waals surface area contributed by atoms with E-state index in [0.29, 0.717) is 25.4 Å². The Morgan fingerprint density at radius 2 is 1.92 bits per heavy atom. The maximum Gasteiger partial charge on any atom is 0.408 e. The second-order valence-corrected chi connectivity index (χ2v) is 8.40. The van der Waals surface area contributed by atoms with Crippen molar-refractivity contribution in [2.45, 2.75) is 90.6 Å². The minimum atomic E-state index is -0.685. The Morgan fingerprint density at radius 3 is 2.48 bits per heavy atom. The summed E-state index contributed by atoms with van der Waals surface area (Å²) in [6.45, 7) is 11.8. The van der Waals surface area contributed by atoms with E-state index in [0.717, 1.165) is 6.42 Å². The molecule has 1 saturated heterocycles. The summed E-state index contributed by atoms with van der Waals surface area (Å²) in [4.78, 5) is 24.7. The van der Waals surface area contributed by atoms with Gasteiger partial charge in [0.05, 0.1) is 12.1 Å². The SMILES string of the molecule is CC(C)C[C@H](NC(=O)OC(C)(C)C)C(=O)N[C@H]1CC[C@@H](C)NC[C@H]1O. The molecule has 1 aliphatic heterocycles. The zero-order valence-corrected chi connectivity index (χ0v) is 16.4. The quantitative estimate of drug-likeness (QED) is 0.598. The van der Waals surface area contributed by atoms with E-state index >= 15 is 0 Å². The molecule has 0 radical (unpaired) electrons. The molecule has 0 unspecified atom stereocenters. The van der Waals surface area contributed by atoms with Gasteiger partial charge in [-0.15, -0.1) is 0 Å². The molecule has 25 heavy (non-hydrogen) atoms. The van der Waals surface area contributed by atoms with E-state index in [4.69, 9.17) is 4.74 Å². The van der Waals surface area contributed by atoms with Crippen molar-refractivity contribution in [1.82, 2.24) is 16.0 Å². The highest BCUT2D eigenvalue weighted by atomic mass is 16.6. The van der Waals surface area contributed by atoms with E-state index in [9.17, 15) is 14.7 Å². The smallest absolute Gasteiger partial charge is 0.408 e. The van der Waals surface area contributed by atoms with Crippen LogP contribution < -0.4 is 16.0 Å². The molecule has 1 aliphatic rings. The molecular weight excluding hydrogens is 322 g/mol. The van der Waals surface area contributed by atoms with Gasteiger partial charge in [-0.05, 0) is 52.9 Å². The Kier molecular flexibility index (Phi) is 8.15. The Bertz CT molecular complexity index is 448. The number of aliphatic hydroxyl groups is 1. The molecule has 0 aromatic carbocycles.